The fourth-order valence-corrected chi connectivity index (χ4v) is 8.21. The zero-order chi connectivity index (χ0) is 28.1. The number of aromatic nitrogens is 3. The second-order valence-electron chi connectivity index (χ2n) is 11.0. The Morgan fingerprint density at radius 2 is 1.30 bits per heavy atom. The minimum Gasteiger partial charge on any atom is -0.456 e. The molecule has 4 heterocycles. The molecule has 4 aromatic heterocycles. The number of furan rings is 1. The van der Waals surface area contributed by atoms with Crippen LogP contribution in [0.3, 0.4) is 0 Å². The van der Waals surface area contributed by atoms with Gasteiger partial charge in [-0.15, -0.1) is 11.3 Å². The van der Waals surface area contributed by atoms with E-state index in [0.717, 1.165) is 43.9 Å². The Hall–Kier alpha value is -5.52. The summed E-state index contributed by atoms with van der Waals surface area (Å²) in [5, 5.41) is 8.33. The average Bonchev–Trinajstić information content (AvgIpc) is 3.72. The third-order valence-corrected chi connectivity index (χ3v) is 10.0. The Balaban J connectivity index is 1.31. The van der Waals surface area contributed by atoms with Crippen LogP contribution in [0.15, 0.2) is 132 Å². The number of thiophene rings is 1. The van der Waals surface area contributed by atoms with Crippen LogP contribution in [0.4, 0.5) is 0 Å². The van der Waals surface area contributed by atoms with Gasteiger partial charge in [-0.05, 0) is 35.9 Å². The fraction of sp³-hybridized carbons (Fsp3) is 0. The summed E-state index contributed by atoms with van der Waals surface area (Å²) in [6, 6.07) is 41.1. The van der Waals surface area contributed by atoms with E-state index in [0.29, 0.717) is 0 Å². The first-order valence-electron chi connectivity index (χ1n) is 14.3. The molecule has 0 aliphatic heterocycles. The van der Waals surface area contributed by atoms with Crippen molar-refractivity contribution in [2.75, 3.05) is 0 Å². The maximum atomic E-state index is 6.36. The number of para-hydroxylation sites is 2. The predicted octanol–water partition coefficient (Wildman–Crippen LogP) is 10.7. The molecular formula is C38H21N3OS. The second kappa shape index (κ2) is 8.51. The van der Waals surface area contributed by atoms with Crippen LogP contribution in [0.1, 0.15) is 0 Å². The summed E-state index contributed by atoms with van der Waals surface area (Å²) >= 11 is 1.86. The quantitative estimate of drug-likeness (QED) is 0.209. The zero-order valence-corrected chi connectivity index (χ0v) is 23.6. The number of nitrogens with zero attached hydrogens (tertiary/aromatic N) is 3. The highest BCUT2D eigenvalue weighted by atomic mass is 32.1. The first kappa shape index (κ1) is 23.1. The number of benzene rings is 6. The number of hydrogen-bond donors (Lipinski definition) is 0. The Labute approximate surface area is 249 Å². The molecule has 10 rings (SSSR count). The highest BCUT2D eigenvalue weighted by Crippen LogP contribution is 2.45. The van der Waals surface area contributed by atoms with Gasteiger partial charge in [0, 0.05) is 60.2 Å². The molecule has 0 spiro atoms. The van der Waals surface area contributed by atoms with E-state index < -0.39 is 0 Å². The lowest BCUT2D eigenvalue weighted by molar-refractivity contribution is 0.669. The molecule has 200 valence electrons. The first-order valence-corrected chi connectivity index (χ1v) is 15.1. The molecule has 0 saturated carbocycles. The molecule has 0 atom stereocenters. The third kappa shape index (κ3) is 3.14. The Bertz CT molecular complexity index is 2740. The van der Waals surface area contributed by atoms with Crippen LogP contribution >= 0.6 is 11.3 Å². The zero-order valence-electron chi connectivity index (χ0n) is 22.8. The molecule has 0 unspecified atom stereocenters. The minimum absolute atomic E-state index is 0.904. The lowest BCUT2D eigenvalue weighted by Gasteiger charge is -2.09. The summed E-state index contributed by atoms with van der Waals surface area (Å²) in [5.74, 6) is 0. The second-order valence-corrected chi connectivity index (χ2v) is 12.0. The molecule has 6 aromatic carbocycles. The molecule has 0 saturated heterocycles. The highest BCUT2D eigenvalue weighted by molar-refractivity contribution is 7.26. The monoisotopic (exact) mass is 567 g/mol. The molecule has 0 radical (unpaired) electrons. The Morgan fingerprint density at radius 3 is 2.26 bits per heavy atom. The molecule has 0 aliphatic carbocycles. The summed E-state index contributed by atoms with van der Waals surface area (Å²) in [4.78, 5) is 8.86. The van der Waals surface area contributed by atoms with Crippen molar-refractivity contribution < 1.29 is 4.42 Å². The molecular weight excluding hydrogens is 547 g/mol. The SMILES string of the molecule is c1cc(-c2cccc3c2sc2c(-n4c5ccccc5c5cc6c(cc54)oc4ccccc46)cccc23)c2cncnc2c1. The van der Waals surface area contributed by atoms with Crippen molar-refractivity contribution in [3.8, 4) is 16.8 Å². The number of fused-ring (bicyclic) bond motifs is 10. The standard InChI is InChI=1S/C38H21N3OS/c1-3-15-32-23(8-1)28-18-29-24-9-2-4-17-35(24)42-36(29)19-34(28)41(32)33-16-7-13-27-26-12-5-11-25(37(26)43-38(27)33)22-10-6-14-31-30(22)20-39-21-40-31/h1-21H. The molecule has 0 bridgehead atoms. The van der Waals surface area contributed by atoms with Gasteiger partial charge >= 0.3 is 0 Å². The Morgan fingerprint density at radius 1 is 0.535 bits per heavy atom. The van der Waals surface area contributed by atoms with Gasteiger partial charge in [-0.1, -0.05) is 78.9 Å². The number of rotatable bonds is 2. The summed E-state index contributed by atoms with van der Waals surface area (Å²) in [7, 11) is 0. The van der Waals surface area contributed by atoms with Crippen LogP contribution in [0, 0.1) is 0 Å². The summed E-state index contributed by atoms with van der Waals surface area (Å²) < 4.78 is 11.3. The fourth-order valence-electron chi connectivity index (χ4n) is 6.88. The van der Waals surface area contributed by atoms with Crippen molar-refractivity contribution >= 4 is 86.2 Å². The maximum Gasteiger partial charge on any atom is 0.137 e. The van der Waals surface area contributed by atoms with Crippen LogP contribution in [-0.4, -0.2) is 14.5 Å². The van der Waals surface area contributed by atoms with Gasteiger partial charge < -0.3 is 8.98 Å². The van der Waals surface area contributed by atoms with Crippen molar-refractivity contribution in [1.82, 2.24) is 14.5 Å². The normalized spacial score (nSPS) is 12.2. The van der Waals surface area contributed by atoms with Gasteiger partial charge in [0.25, 0.3) is 0 Å². The summed E-state index contributed by atoms with van der Waals surface area (Å²) in [5.41, 5.74) is 8.63. The van der Waals surface area contributed by atoms with Gasteiger partial charge in [-0.25, -0.2) is 9.97 Å². The van der Waals surface area contributed by atoms with E-state index in [1.165, 1.54) is 47.7 Å². The lowest BCUT2D eigenvalue weighted by atomic mass is 9.99. The molecule has 43 heavy (non-hydrogen) atoms. The van der Waals surface area contributed by atoms with E-state index in [2.05, 4.69) is 112 Å². The van der Waals surface area contributed by atoms with Crippen molar-refractivity contribution in [3.05, 3.63) is 128 Å². The number of hydrogen-bond acceptors (Lipinski definition) is 4. The summed E-state index contributed by atoms with van der Waals surface area (Å²) in [6.45, 7) is 0. The van der Waals surface area contributed by atoms with Gasteiger partial charge in [0.1, 0.15) is 17.5 Å². The highest BCUT2D eigenvalue weighted by Gasteiger charge is 2.20. The van der Waals surface area contributed by atoms with Gasteiger partial charge in [-0.3, -0.25) is 0 Å². The maximum absolute atomic E-state index is 6.36. The van der Waals surface area contributed by atoms with Gasteiger partial charge in [0.15, 0.2) is 0 Å². The van der Waals surface area contributed by atoms with E-state index in [1.807, 2.05) is 35.7 Å². The molecule has 0 amide bonds. The van der Waals surface area contributed by atoms with E-state index in [1.54, 1.807) is 6.33 Å². The molecule has 0 aliphatic rings. The average molecular weight is 568 g/mol. The van der Waals surface area contributed by atoms with Crippen LogP contribution < -0.4 is 0 Å². The van der Waals surface area contributed by atoms with Crippen LogP contribution in [0.5, 0.6) is 0 Å². The van der Waals surface area contributed by atoms with Crippen LogP contribution in [-0.2, 0) is 0 Å². The van der Waals surface area contributed by atoms with E-state index in [4.69, 9.17) is 4.42 Å². The largest absolute Gasteiger partial charge is 0.456 e. The van der Waals surface area contributed by atoms with Gasteiger partial charge in [-0.2, -0.15) is 0 Å². The Kier molecular flexibility index (Phi) is 4.57. The van der Waals surface area contributed by atoms with Crippen molar-refractivity contribution in [2.24, 2.45) is 0 Å². The van der Waals surface area contributed by atoms with Crippen molar-refractivity contribution in [2.45, 2.75) is 0 Å². The van der Waals surface area contributed by atoms with Crippen molar-refractivity contribution in [1.29, 1.82) is 0 Å². The van der Waals surface area contributed by atoms with E-state index in [9.17, 15) is 0 Å². The molecule has 0 fully saturated rings. The molecule has 0 N–H and O–H groups in total. The molecule has 5 heteroatoms. The van der Waals surface area contributed by atoms with Crippen LogP contribution in [0.25, 0.3) is 91.6 Å². The van der Waals surface area contributed by atoms with Crippen molar-refractivity contribution in [3.63, 3.8) is 0 Å². The van der Waals surface area contributed by atoms with E-state index >= 15 is 0 Å². The van der Waals surface area contributed by atoms with Gasteiger partial charge in [0.05, 0.1) is 26.9 Å². The van der Waals surface area contributed by atoms with Gasteiger partial charge in [0.2, 0.25) is 0 Å². The smallest absolute Gasteiger partial charge is 0.137 e. The first-order chi connectivity index (χ1) is 21.3. The van der Waals surface area contributed by atoms with E-state index in [-0.39, 0.29) is 0 Å². The van der Waals surface area contributed by atoms with Crippen LogP contribution in [0.2, 0.25) is 0 Å². The topological polar surface area (TPSA) is 43.9 Å². The molecule has 10 aromatic rings. The minimum atomic E-state index is 0.904. The third-order valence-electron chi connectivity index (χ3n) is 8.76. The predicted molar refractivity (Wildman–Crippen MR) is 179 cm³/mol. The molecule has 4 nitrogen and oxygen atoms in total. The summed E-state index contributed by atoms with van der Waals surface area (Å²) in [6.07, 6.45) is 3.54. The lowest BCUT2D eigenvalue weighted by Crippen LogP contribution is -1.93.